The largest absolute Gasteiger partial charge is 0.330 e. The second-order valence-electron chi connectivity index (χ2n) is 3.47. The first-order valence-corrected chi connectivity index (χ1v) is 7.77. The highest BCUT2D eigenvalue weighted by molar-refractivity contribution is 9.10. The minimum absolute atomic E-state index is 0.0845. The predicted octanol–water partition coefficient (Wildman–Crippen LogP) is 2.12. The van der Waals surface area contributed by atoms with Crippen LogP contribution in [-0.4, -0.2) is 21.5 Å². The van der Waals surface area contributed by atoms with Crippen molar-refractivity contribution in [3.05, 3.63) is 27.7 Å². The summed E-state index contributed by atoms with van der Waals surface area (Å²) in [5.41, 5.74) is 5.33. The fourth-order valence-electron chi connectivity index (χ4n) is 1.24. The normalized spacial score (nSPS) is 11.7. The van der Waals surface area contributed by atoms with Crippen LogP contribution >= 0.6 is 27.5 Å². The molecule has 0 fully saturated rings. The first kappa shape index (κ1) is 14.9. The van der Waals surface area contributed by atoms with Crippen molar-refractivity contribution in [2.24, 2.45) is 5.73 Å². The molecule has 1 aromatic rings. The van der Waals surface area contributed by atoms with Gasteiger partial charge in [0.1, 0.15) is 4.90 Å². The highest BCUT2D eigenvalue weighted by atomic mass is 79.9. The zero-order valence-corrected chi connectivity index (χ0v) is 12.3. The van der Waals surface area contributed by atoms with Crippen molar-refractivity contribution in [3.8, 4) is 0 Å². The molecule has 0 aromatic heterocycles. The number of halogens is 2. The SMILES string of the molecule is NCCCCNS(=O)(=O)c1cc(Br)ccc1Cl. The molecule has 0 unspecified atom stereocenters. The molecule has 0 aliphatic rings. The third kappa shape index (κ3) is 4.56. The van der Waals surface area contributed by atoms with Gasteiger partial charge in [-0.15, -0.1) is 0 Å². The summed E-state index contributed by atoms with van der Waals surface area (Å²) in [4.78, 5) is 0.0845. The van der Waals surface area contributed by atoms with Crippen molar-refractivity contribution in [2.75, 3.05) is 13.1 Å². The number of benzene rings is 1. The van der Waals surface area contributed by atoms with Gasteiger partial charge < -0.3 is 5.73 Å². The van der Waals surface area contributed by atoms with Crippen LogP contribution in [0.1, 0.15) is 12.8 Å². The molecule has 0 radical (unpaired) electrons. The molecular formula is C10H14BrClN2O2S. The summed E-state index contributed by atoms with van der Waals surface area (Å²) < 4.78 is 27.0. The van der Waals surface area contributed by atoms with E-state index >= 15 is 0 Å². The van der Waals surface area contributed by atoms with E-state index in [0.29, 0.717) is 24.0 Å². The molecule has 0 saturated heterocycles. The van der Waals surface area contributed by atoms with E-state index in [0.717, 1.165) is 6.42 Å². The number of rotatable bonds is 6. The van der Waals surface area contributed by atoms with Crippen molar-refractivity contribution in [1.29, 1.82) is 0 Å². The average Bonchev–Trinajstić information content (AvgIpc) is 2.28. The second kappa shape index (κ2) is 6.70. The molecular weight excluding hydrogens is 328 g/mol. The maximum Gasteiger partial charge on any atom is 0.242 e. The average molecular weight is 342 g/mol. The third-order valence-electron chi connectivity index (χ3n) is 2.11. The summed E-state index contributed by atoms with van der Waals surface area (Å²) in [5.74, 6) is 0. The van der Waals surface area contributed by atoms with Gasteiger partial charge in [0.2, 0.25) is 10.0 Å². The van der Waals surface area contributed by atoms with E-state index in [4.69, 9.17) is 17.3 Å². The molecule has 17 heavy (non-hydrogen) atoms. The molecule has 0 saturated carbocycles. The molecule has 1 rings (SSSR count). The number of unbranched alkanes of at least 4 members (excludes halogenated alkanes) is 1. The molecule has 0 atom stereocenters. The van der Waals surface area contributed by atoms with E-state index in [-0.39, 0.29) is 9.92 Å². The van der Waals surface area contributed by atoms with Gasteiger partial charge in [-0.3, -0.25) is 0 Å². The van der Waals surface area contributed by atoms with E-state index in [1.54, 1.807) is 12.1 Å². The van der Waals surface area contributed by atoms with Crippen molar-refractivity contribution in [3.63, 3.8) is 0 Å². The summed E-state index contributed by atoms with van der Waals surface area (Å²) in [6.45, 7) is 0.918. The fraction of sp³-hybridized carbons (Fsp3) is 0.400. The second-order valence-corrected chi connectivity index (χ2v) is 6.53. The zero-order chi connectivity index (χ0) is 12.9. The van der Waals surface area contributed by atoms with Gasteiger partial charge in [0.05, 0.1) is 5.02 Å². The van der Waals surface area contributed by atoms with Gasteiger partial charge in [-0.25, -0.2) is 13.1 Å². The van der Waals surface area contributed by atoms with Crippen LogP contribution in [0.15, 0.2) is 27.6 Å². The third-order valence-corrected chi connectivity index (χ3v) is 4.54. The lowest BCUT2D eigenvalue weighted by atomic mass is 10.3. The summed E-state index contributed by atoms with van der Waals surface area (Å²) in [6.07, 6.45) is 1.50. The van der Waals surface area contributed by atoms with E-state index in [1.807, 2.05) is 0 Å². The van der Waals surface area contributed by atoms with Gasteiger partial charge in [0, 0.05) is 11.0 Å². The molecule has 7 heteroatoms. The minimum Gasteiger partial charge on any atom is -0.330 e. The molecule has 0 heterocycles. The summed E-state index contributed by atoms with van der Waals surface area (Å²) in [6, 6.07) is 4.71. The van der Waals surface area contributed by atoms with Crippen LogP contribution in [0.25, 0.3) is 0 Å². The lowest BCUT2D eigenvalue weighted by molar-refractivity contribution is 0.577. The Labute approximate surface area is 115 Å². The maximum absolute atomic E-state index is 11.9. The number of hydrogen-bond donors (Lipinski definition) is 2. The van der Waals surface area contributed by atoms with E-state index in [2.05, 4.69) is 20.7 Å². The van der Waals surface area contributed by atoms with Gasteiger partial charge in [0.25, 0.3) is 0 Å². The Morgan fingerprint density at radius 2 is 2.06 bits per heavy atom. The Morgan fingerprint density at radius 3 is 2.71 bits per heavy atom. The van der Waals surface area contributed by atoms with Gasteiger partial charge in [-0.1, -0.05) is 27.5 Å². The standard InChI is InChI=1S/C10H14BrClN2O2S/c11-8-3-4-9(12)10(7-8)17(15,16)14-6-2-1-5-13/h3-4,7,14H,1-2,5-6,13H2. The van der Waals surface area contributed by atoms with Crippen LogP contribution in [0.5, 0.6) is 0 Å². The lowest BCUT2D eigenvalue weighted by Crippen LogP contribution is -2.25. The summed E-state index contributed by atoms with van der Waals surface area (Å²) in [5, 5.41) is 0.208. The van der Waals surface area contributed by atoms with Crippen LogP contribution in [-0.2, 0) is 10.0 Å². The molecule has 0 aliphatic heterocycles. The number of nitrogens with one attached hydrogen (secondary N) is 1. The smallest absolute Gasteiger partial charge is 0.242 e. The highest BCUT2D eigenvalue weighted by Crippen LogP contribution is 2.24. The van der Waals surface area contributed by atoms with Gasteiger partial charge in [0.15, 0.2) is 0 Å². The summed E-state index contributed by atoms with van der Waals surface area (Å²) in [7, 11) is -3.55. The molecule has 96 valence electrons. The van der Waals surface area contributed by atoms with Crippen LogP contribution in [0.3, 0.4) is 0 Å². The number of nitrogens with two attached hydrogens (primary N) is 1. The first-order valence-electron chi connectivity index (χ1n) is 5.12. The van der Waals surface area contributed by atoms with Crippen molar-refractivity contribution >= 4 is 37.6 Å². The highest BCUT2D eigenvalue weighted by Gasteiger charge is 2.17. The van der Waals surface area contributed by atoms with Gasteiger partial charge in [-0.2, -0.15) is 0 Å². The predicted molar refractivity (Wildman–Crippen MR) is 72.6 cm³/mol. The van der Waals surface area contributed by atoms with Crippen LogP contribution < -0.4 is 10.5 Å². The quantitative estimate of drug-likeness (QED) is 0.779. The minimum atomic E-state index is -3.55. The van der Waals surface area contributed by atoms with Gasteiger partial charge in [-0.05, 0) is 37.6 Å². The van der Waals surface area contributed by atoms with Crippen molar-refractivity contribution in [1.82, 2.24) is 4.72 Å². The number of hydrogen-bond acceptors (Lipinski definition) is 3. The molecule has 1 aromatic carbocycles. The molecule has 0 aliphatic carbocycles. The molecule has 0 spiro atoms. The van der Waals surface area contributed by atoms with Crippen molar-refractivity contribution < 1.29 is 8.42 Å². The Kier molecular flexibility index (Phi) is 5.88. The van der Waals surface area contributed by atoms with Crippen LogP contribution in [0.2, 0.25) is 5.02 Å². The molecule has 0 amide bonds. The van der Waals surface area contributed by atoms with Crippen LogP contribution in [0, 0.1) is 0 Å². The van der Waals surface area contributed by atoms with Crippen LogP contribution in [0.4, 0.5) is 0 Å². The Balaban J connectivity index is 2.79. The van der Waals surface area contributed by atoms with Gasteiger partial charge >= 0.3 is 0 Å². The van der Waals surface area contributed by atoms with E-state index in [1.165, 1.54) is 6.07 Å². The van der Waals surface area contributed by atoms with E-state index < -0.39 is 10.0 Å². The maximum atomic E-state index is 11.9. The molecule has 0 bridgehead atoms. The molecule has 3 N–H and O–H groups in total. The Morgan fingerprint density at radius 1 is 1.35 bits per heavy atom. The zero-order valence-electron chi connectivity index (χ0n) is 9.12. The summed E-state index contributed by atoms with van der Waals surface area (Å²) >= 11 is 9.08. The fourth-order valence-corrected chi connectivity index (χ4v) is 3.35. The lowest BCUT2D eigenvalue weighted by Gasteiger charge is -2.08. The first-order chi connectivity index (χ1) is 7.97. The Bertz CT molecular complexity index is 479. The number of sulfonamides is 1. The topological polar surface area (TPSA) is 72.2 Å². The molecule has 4 nitrogen and oxygen atoms in total. The Hall–Kier alpha value is -0.140. The monoisotopic (exact) mass is 340 g/mol. The van der Waals surface area contributed by atoms with Crippen molar-refractivity contribution in [2.45, 2.75) is 17.7 Å². The van der Waals surface area contributed by atoms with E-state index in [9.17, 15) is 8.42 Å².